The summed E-state index contributed by atoms with van der Waals surface area (Å²) in [6.07, 6.45) is 1.84. The van der Waals surface area contributed by atoms with Crippen molar-refractivity contribution in [3.05, 3.63) is 44.8 Å². The Morgan fingerprint density at radius 3 is 2.70 bits per heavy atom. The van der Waals surface area contributed by atoms with Gasteiger partial charge in [0.15, 0.2) is 6.29 Å². The third-order valence-corrected chi connectivity index (χ3v) is 6.01. The molecule has 1 aliphatic heterocycles. The number of hydrogen-bond acceptors (Lipinski definition) is 6. The van der Waals surface area contributed by atoms with Gasteiger partial charge in [0, 0.05) is 37.7 Å². The standard InChI is InChI=1S/C19H20Cl2N4O5/c1-9-15(20)16(21)17(23-9)18(27)24-12-3-4-25(7-13(12)30-2)14-5-11(19(28)29)10(8-26)6-22-14/h5-6,8,12-13,23H,3-4,7H2,1-2H3,(H,24,27)(H,28,29). The van der Waals surface area contributed by atoms with Crippen LogP contribution in [0.4, 0.5) is 5.82 Å². The predicted octanol–water partition coefficient (Wildman–Crippen LogP) is 2.56. The quantitative estimate of drug-likeness (QED) is 0.572. The number of carboxylic acids is 1. The summed E-state index contributed by atoms with van der Waals surface area (Å²) in [6, 6.07) is 1.06. The number of pyridine rings is 1. The zero-order valence-corrected chi connectivity index (χ0v) is 17.8. The number of carbonyl (C=O) groups is 3. The molecule has 0 bridgehead atoms. The van der Waals surface area contributed by atoms with Gasteiger partial charge >= 0.3 is 5.97 Å². The molecule has 2 atom stereocenters. The first-order chi connectivity index (χ1) is 14.3. The molecule has 2 unspecified atom stereocenters. The minimum atomic E-state index is -1.21. The number of amides is 1. The summed E-state index contributed by atoms with van der Waals surface area (Å²) in [5.41, 5.74) is 0.680. The van der Waals surface area contributed by atoms with E-state index in [0.717, 1.165) is 0 Å². The van der Waals surface area contributed by atoms with Crippen molar-refractivity contribution in [1.82, 2.24) is 15.3 Å². The summed E-state index contributed by atoms with van der Waals surface area (Å²) < 4.78 is 5.55. The molecule has 3 N–H and O–H groups in total. The second-order valence-corrected chi connectivity index (χ2v) is 7.65. The Morgan fingerprint density at radius 2 is 2.13 bits per heavy atom. The minimum absolute atomic E-state index is 0.00784. The zero-order valence-electron chi connectivity index (χ0n) is 16.2. The Kier molecular flexibility index (Phi) is 6.64. The number of ether oxygens (including phenoxy) is 1. The first kappa shape index (κ1) is 22.1. The monoisotopic (exact) mass is 454 g/mol. The van der Waals surface area contributed by atoms with E-state index in [1.807, 2.05) is 4.90 Å². The van der Waals surface area contributed by atoms with Crippen LogP contribution in [0.25, 0.3) is 0 Å². The van der Waals surface area contributed by atoms with Crippen LogP contribution >= 0.6 is 23.2 Å². The molecule has 0 saturated carbocycles. The summed E-state index contributed by atoms with van der Waals surface area (Å²) in [5.74, 6) is -1.18. The van der Waals surface area contributed by atoms with Crippen LogP contribution in [0.2, 0.25) is 10.0 Å². The highest BCUT2D eigenvalue weighted by Gasteiger charge is 2.32. The molecule has 2 aromatic heterocycles. The highest BCUT2D eigenvalue weighted by Crippen LogP contribution is 2.29. The number of halogens is 2. The molecule has 0 aliphatic carbocycles. The van der Waals surface area contributed by atoms with Crippen molar-refractivity contribution in [3.8, 4) is 0 Å². The molecule has 1 aliphatic rings. The lowest BCUT2D eigenvalue weighted by atomic mass is 10.0. The van der Waals surface area contributed by atoms with Crippen LogP contribution in [-0.2, 0) is 4.74 Å². The average Bonchev–Trinajstić information content (AvgIpc) is 3.00. The van der Waals surface area contributed by atoms with Crippen LogP contribution < -0.4 is 10.2 Å². The number of H-pyrrole nitrogens is 1. The molecule has 11 heteroatoms. The van der Waals surface area contributed by atoms with E-state index in [0.29, 0.717) is 42.3 Å². The van der Waals surface area contributed by atoms with Gasteiger partial charge in [-0.15, -0.1) is 0 Å². The van der Waals surface area contributed by atoms with Gasteiger partial charge < -0.3 is 25.0 Å². The van der Waals surface area contributed by atoms with Gasteiger partial charge in [-0.05, 0) is 19.4 Å². The summed E-state index contributed by atoms with van der Waals surface area (Å²) in [5, 5.41) is 12.7. The van der Waals surface area contributed by atoms with Gasteiger partial charge in [0.05, 0.1) is 27.8 Å². The van der Waals surface area contributed by atoms with Crippen LogP contribution in [0.3, 0.4) is 0 Å². The number of piperidine rings is 1. The van der Waals surface area contributed by atoms with E-state index in [4.69, 9.17) is 27.9 Å². The molecular weight excluding hydrogens is 435 g/mol. The van der Waals surface area contributed by atoms with E-state index in [1.54, 1.807) is 6.92 Å². The van der Waals surface area contributed by atoms with Gasteiger partial charge in [0.2, 0.25) is 0 Å². The molecule has 3 rings (SSSR count). The first-order valence-corrected chi connectivity index (χ1v) is 9.83. The van der Waals surface area contributed by atoms with E-state index >= 15 is 0 Å². The van der Waals surface area contributed by atoms with Crippen LogP contribution in [0.1, 0.15) is 43.3 Å². The van der Waals surface area contributed by atoms with Crippen molar-refractivity contribution < 1.29 is 24.2 Å². The number of carboxylic acid groups (broad SMARTS) is 1. The number of rotatable bonds is 6. The second-order valence-electron chi connectivity index (χ2n) is 6.89. The number of aldehydes is 1. The number of carbonyl (C=O) groups excluding carboxylic acids is 2. The van der Waals surface area contributed by atoms with Crippen molar-refractivity contribution in [3.63, 3.8) is 0 Å². The molecular formula is C19H20Cl2N4O5. The fourth-order valence-corrected chi connectivity index (χ4v) is 3.82. The number of aromatic nitrogens is 2. The van der Waals surface area contributed by atoms with E-state index in [9.17, 15) is 19.5 Å². The molecule has 30 heavy (non-hydrogen) atoms. The normalized spacial score (nSPS) is 18.9. The van der Waals surface area contributed by atoms with Gasteiger partial charge in [0.25, 0.3) is 5.91 Å². The maximum absolute atomic E-state index is 12.6. The van der Waals surface area contributed by atoms with Gasteiger partial charge in [-0.25, -0.2) is 9.78 Å². The molecule has 9 nitrogen and oxygen atoms in total. The van der Waals surface area contributed by atoms with Crippen molar-refractivity contribution in [2.24, 2.45) is 0 Å². The smallest absolute Gasteiger partial charge is 0.336 e. The largest absolute Gasteiger partial charge is 0.478 e. The third-order valence-electron chi connectivity index (χ3n) is 5.06. The number of hydrogen-bond donors (Lipinski definition) is 3. The number of aryl methyl sites for hydroxylation is 1. The lowest BCUT2D eigenvalue weighted by molar-refractivity contribution is 0.0538. The van der Waals surface area contributed by atoms with E-state index in [1.165, 1.54) is 19.4 Å². The molecule has 3 heterocycles. The summed E-state index contributed by atoms with van der Waals surface area (Å²) in [6.45, 7) is 2.58. The lowest BCUT2D eigenvalue weighted by Gasteiger charge is -2.38. The Balaban J connectivity index is 1.74. The highest BCUT2D eigenvalue weighted by atomic mass is 35.5. The van der Waals surface area contributed by atoms with Gasteiger partial charge in [-0.1, -0.05) is 23.2 Å². The lowest BCUT2D eigenvalue weighted by Crippen LogP contribution is -2.55. The number of methoxy groups -OCH3 is 1. The Bertz CT molecular complexity index is 994. The number of nitrogens with zero attached hydrogens (tertiary/aromatic N) is 2. The van der Waals surface area contributed by atoms with E-state index in [-0.39, 0.29) is 34.0 Å². The summed E-state index contributed by atoms with van der Waals surface area (Å²) in [7, 11) is 1.53. The number of aromatic amines is 1. The summed E-state index contributed by atoms with van der Waals surface area (Å²) in [4.78, 5) is 44.0. The molecule has 0 radical (unpaired) electrons. The zero-order chi connectivity index (χ0) is 22.0. The third kappa shape index (κ3) is 4.28. The molecule has 0 spiro atoms. The molecule has 0 aromatic carbocycles. The van der Waals surface area contributed by atoms with Crippen LogP contribution in [0, 0.1) is 6.92 Å². The number of aromatic carboxylic acids is 1. The van der Waals surface area contributed by atoms with E-state index in [2.05, 4.69) is 15.3 Å². The fraction of sp³-hybridized carbons (Fsp3) is 0.368. The van der Waals surface area contributed by atoms with Crippen molar-refractivity contribution in [1.29, 1.82) is 0 Å². The van der Waals surface area contributed by atoms with Gasteiger partial charge in [-0.2, -0.15) is 0 Å². The van der Waals surface area contributed by atoms with Crippen LogP contribution in [-0.4, -0.2) is 65.6 Å². The first-order valence-electron chi connectivity index (χ1n) is 9.07. The van der Waals surface area contributed by atoms with Gasteiger partial charge in [0.1, 0.15) is 11.5 Å². The summed E-state index contributed by atoms with van der Waals surface area (Å²) >= 11 is 12.2. The van der Waals surface area contributed by atoms with Crippen molar-refractivity contribution >= 4 is 47.2 Å². The van der Waals surface area contributed by atoms with E-state index < -0.39 is 11.9 Å². The maximum Gasteiger partial charge on any atom is 0.336 e. The Labute approximate surface area is 182 Å². The van der Waals surface area contributed by atoms with Crippen molar-refractivity contribution in [2.45, 2.75) is 25.5 Å². The highest BCUT2D eigenvalue weighted by molar-refractivity contribution is 6.44. The minimum Gasteiger partial charge on any atom is -0.478 e. The van der Waals surface area contributed by atoms with Crippen LogP contribution in [0.15, 0.2) is 12.3 Å². The van der Waals surface area contributed by atoms with Gasteiger partial charge in [-0.3, -0.25) is 9.59 Å². The number of nitrogens with one attached hydrogen (secondary N) is 2. The fourth-order valence-electron chi connectivity index (χ4n) is 3.40. The molecule has 1 fully saturated rings. The predicted molar refractivity (Wildman–Crippen MR) is 111 cm³/mol. The molecule has 1 saturated heterocycles. The SMILES string of the molecule is COC1CN(c2cc(C(=O)O)c(C=O)cn2)CCC1NC(=O)c1[nH]c(C)c(Cl)c1Cl. The average molecular weight is 455 g/mol. The second kappa shape index (κ2) is 9.03. The Hall–Kier alpha value is -2.62. The molecule has 2 aromatic rings. The van der Waals surface area contributed by atoms with Crippen LogP contribution in [0.5, 0.6) is 0 Å². The maximum atomic E-state index is 12.6. The molecule has 1 amide bonds. The topological polar surface area (TPSA) is 125 Å². The van der Waals surface area contributed by atoms with Crippen molar-refractivity contribution in [2.75, 3.05) is 25.1 Å². The Morgan fingerprint density at radius 1 is 1.40 bits per heavy atom. The number of anilines is 1. The molecule has 160 valence electrons.